The first-order chi connectivity index (χ1) is 7.33. The van der Waals surface area contributed by atoms with Gasteiger partial charge in [-0.15, -0.1) is 0 Å². The van der Waals surface area contributed by atoms with Gasteiger partial charge in [0, 0.05) is 17.1 Å². The minimum atomic E-state index is 0.740. The summed E-state index contributed by atoms with van der Waals surface area (Å²) in [5, 5.41) is 3.67. The Labute approximate surface area is 99.4 Å². The van der Waals surface area contributed by atoms with Gasteiger partial charge in [0.05, 0.1) is 0 Å². The van der Waals surface area contributed by atoms with Gasteiger partial charge >= 0.3 is 0 Å². The Morgan fingerprint density at radius 2 is 1.87 bits per heavy atom. The smallest absolute Gasteiger partial charge is 0.0175 e. The summed E-state index contributed by atoms with van der Waals surface area (Å²) in [7, 11) is 0. The van der Waals surface area contributed by atoms with Crippen LogP contribution in [0.3, 0.4) is 0 Å². The van der Waals surface area contributed by atoms with Crippen molar-refractivity contribution in [1.82, 2.24) is 5.32 Å². The van der Waals surface area contributed by atoms with E-state index in [9.17, 15) is 0 Å². The van der Waals surface area contributed by atoms with Gasteiger partial charge in [-0.05, 0) is 48.8 Å². The van der Waals surface area contributed by atoms with E-state index >= 15 is 0 Å². The maximum absolute atomic E-state index is 3.67. The van der Waals surface area contributed by atoms with E-state index in [4.69, 9.17) is 0 Å². The number of hydrogen-bond acceptors (Lipinski definition) is 1. The standard InChI is InChI=1S/C13H16BrN/c14-12-5-3-9(4-6-12)11-7-13(15-8-11)10-1-2-10/h3-6,10-11,13,15H,1-2,7-8H2. The number of rotatable bonds is 2. The van der Waals surface area contributed by atoms with Crippen LogP contribution in [0.15, 0.2) is 28.7 Å². The minimum absolute atomic E-state index is 0.740. The Morgan fingerprint density at radius 3 is 2.53 bits per heavy atom. The van der Waals surface area contributed by atoms with Crippen molar-refractivity contribution in [3.8, 4) is 0 Å². The topological polar surface area (TPSA) is 12.0 Å². The number of nitrogens with one attached hydrogen (secondary N) is 1. The molecule has 0 aromatic heterocycles. The summed E-state index contributed by atoms with van der Waals surface area (Å²) in [5.74, 6) is 1.73. The molecule has 1 saturated carbocycles. The second-order valence-electron chi connectivity index (χ2n) is 4.84. The molecule has 0 bridgehead atoms. The Bertz CT molecular complexity index is 342. The van der Waals surface area contributed by atoms with E-state index in [-0.39, 0.29) is 0 Å². The fourth-order valence-electron chi connectivity index (χ4n) is 2.61. The van der Waals surface area contributed by atoms with E-state index < -0.39 is 0 Å². The molecular formula is C13H16BrN. The maximum Gasteiger partial charge on any atom is 0.0175 e. The van der Waals surface area contributed by atoms with Gasteiger partial charge in [-0.3, -0.25) is 0 Å². The predicted molar refractivity (Wildman–Crippen MR) is 66.0 cm³/mol. The molecule has 1 saturated heterocycles. The van der Waals surface area contributed by atoms with Crippen LogP contribution in [-0.4, -0.2) is 12.6 Å². The molecule has 2 heteroatoms. The third-order valence-electron chi connectivity index (χ3n) is 3.70. The Morgan fingerprint density at radius 1 is 1.13 bits per heavy atom. The van der Waals surface area contributed by atoms with Crippen molar-refractivity contribution in [3.63, 3.8) is 0 Å². The first-order valence-electron chi connectivity index (χ1n) is 5.82. The normalized spacial score (nSPS) is 30.7. The first kappa shape index (κ1) is 9.86. The molecule has 2 fully saturated rings. The van der Waals surface area contributed by atoms with Crippen LogP contribution < -0.4 is 5.32 Å². The summed E-state index contributed by atoms with van der Waals surface area (Å²) in [6.45, 7) is 1.17. The zero-order chi connectivity index (χ0) is 10.3. The lowest BCUT2D eigenvalue weighted by atomic mass is 9.95. The highest BCUT2D eigenvalue weighted by Crippen LogP contribution is 2.39. The van der Waals surface area contributed by atoms with Crippen LogP contribution in [-0.2, 0) is 0 Å². The fourth-order valence-corrected chi connectivity index (χ4v) is 2.88. The molecule has 2 unspecified atom stereocenters. The average Bonchev–Trinajstić information content (AvgIpc) is 2.99. The summed E-state index contributed by atoms with van der Waals surface area (Å²) in [6.07, 6.45) is 4.24. The Hall–Kier alpha value is -0.340. The molecule has 1 aliphatic carbocycles. The van der Waals surface area contributed by atoms with Crippen LogP contribution in [0.5, 0.6) is 0 Å². The predicted octanol–water partition coefficient (Wildman–Crippen LogP) is 3.30. The summed E-state index contributed by atoms with van der Waals surface area (Å²) in [6, 6.07) is 9.62. The molecule has 1 aromatic carbocycles. The molecule has 1 N–H and O–H groups in total. The zero-order valence-corrected chi connectivity index (χ0v) is 10.3. The number of benzene rings is 1. The summed E-state index contributed by atoms with van der Waals surface area (Å²) in [5.41, 5.74) is 1.49. The number of hydrogen-bond donors (Lipinski definition) is 1. The monoisotopic (exact) mass is 265 g/mol. The van der Waals surface area contributed by atoms with Crippen LogP contribution in [0.4, 0.5) is 0 Å². The second-order valence-corrected chi connectivity index (χ2v) is 5.75. The molecule has 0 amide bonds. The largest absolute Gasteiger partial charge is 0.313 e. The van der Waals surface area contributed by atoms with Gasteiger partial charge in [-0.25, -0.2) is 0 Å². The average molecular weight is 266 g/mol. The van der Waals surface area contributed by atoms with Crippen molar-refractivity contribution >= 4 is 15.9 Å². The molecule has 15 heavy (non-hydrogen) atoms. The maximum atomic E-state index is 3.67. The van der Waals surface area contributed by atoms with Crippen molar-refractivity contribution in [2.75, 3.05) is 6.54 Å². The molecule has 80 valence electrons. The lowest BCUT2D eigenvalue weighted by molar-refractivity contribution is 0.535. The summed E-state index contributed by atoms with van der Waals surface area (Å²) in [4.78, 5) is 0. The molecule has 3 rings (SSSR count). The van der Waals surface area contributed by atoms with E-state index in [1.165, 1.54) is 35.8 Å². The van der Waals surface area contributed by atoms with Crippen molar-refractivity contribution in [2.24, 2.45) is 5.92 Å². The van der Waals surface area contributed by atoms with Gasteiger partial charge in [0.15, 0.2) is 0 Å². The molecule has 1 aliphatic heterocycles. The van der Waals surface area contributed by atoms with Crippen molar-refractivity contribution in [2.45, 2.75) is 31.2 Å². The molecule has 1 heterocycles. The van der Waals surface area contributed by atoms with Crippen LogP contribution in [0.1, 0.15) is 30.7 Å². The fraction of sp³-hybridized carbons (Fsp3) is 0.538. The highest BCUT2D eigenvalue weighted by atomic mass is 79.9. The van der Waals surface area contributed by atoms with Crippen LogP contribution in [0.2, 0.25) is 0 Å². The van der Waals surface area contributed by atoms with E-state index in [1.54, 1.807) is 0 Å². The summed E-state index contributed by atoms with van der Waals surface area (Å²) < 4.78 is 1.18. The van der Waals surface area contributed by atoms with Gasteiger partial charge in [-0.2, -0.15) is 0 Å². The quantitative estimate of drug-likeness (QED) is 0.866. The van der Waals surface area contributed by atoms with Gasteiger partial charge < -0.3 is 5.32 Å². The van der Waals surface area contributed by atoms with E-state index in [0.717, 1.165) is 17.9 Å². The van der Waals surface area contributed by atoms with Crippen LogP contribution in [0, 0.1) is 5.92 Å². The molecule has 2 atom stereocenters. The van der Waals surface area contributed by atoms with E-state index in [2.05, 4.69) is 45.5 Å². The van der Waals surface area contributed by atoms with Crippen molar-refractivity contribution in [3.05, 3.63) is 34.3 Å². The summed E-state index contributed by atoms with van der Waals surface area (Å²) >= 11 is 3.48. The van der Waals surface area contributed by atoms with Crippen molar-refractivity contribution < 1.29 is 0 Å². The highest BCUT2D eigenvalue weighted by Gasteiger charge is 2.36. The van der Waals surface area contributed by atoms with E-state index in [0.29, 0.717) is 0 Å². The minimum Gasteiger partial charge on any atom is -0.313 e. The van der Waals surface area contributed by atoms with Gasteiger partial charge in [0.1, 0.15) is 0 Å². The van der Waals surface area contributed by atoms with Crippen molar-refractivity contribution in [1.29, 1.82) is 0 Å². The van der Waals surface area contributed by atoms with Gasteiger partial charge in [-0.1, -0.05) is 28.1 Å². The molecule has 0 radical (unpaired) electrons. The van der Waals surface area contributed by atoms with E-state index in [1.807, 2.05) is 0 Å². The van der Waals surface area contributed by atoms with Crippen LogP contribution in [0.25, 0.3) is 0 Å². The third-order valence-corrected chi connectivity index (χ3v) is 4.23. The molecule has 2 aliphatic rings. The molecule has 1 nitrogen and oxygen atoms in total. The van der Waals surface area contributed by atoms with Crippen LogP contribution >= 0.6 is 15.9 Å². The Kier molecular flexibility index (Phi) is 2.57. The highest BCUT2D eigenvalue weighted by molar-refractivity contribution is 9.10. The molecule has 0 spiro atoms. The lowest BCUT2D eigenvalue weighted by Crippen LogP contribution is -2.22. The van der Waals surface area contributed by atoms with Gasteiger partial charge in [0.25, 0.3) is 0 Å². The third kappa shape index (κ3) is 2.11. The second kappa shape index (κ2) is 3.91. The van der Waals surface area contributed by atoms with Gasteiger partial charge in [0.2, 0.25) is 0 Å². The lowest BCUT2D eigenvalue weighted by Gasteiger charge is -2.09. The zero-order valence-electron chi connectivity index (χ0n) is 8.75. The first-order valence-corrected chi connectivity index (χ1v) is 6.61. The number of halogens is 1. The SMILES string of the molecule is Brc1ccc(C2CNC(C3CC3)C2)cc1. The Balaban J connectivity index is 1.70. The molecular weight excluding hydrogens is 250 g/mol. The molecule has 1 aromatic rings.